The van der Waals surface area contributed by atoms with Gasteiger partial charge in [-0.1, -0.05) is 0 Å². The van der Waals surface area contributed by atoms with Crippen LogP contribution in [0, 0.1) is 0 Å². The molecular weight excluding hydrogens is 168 g/mol. The van der Waals surface area contributed by atoms with Crippen molar-refractivity contribution in [1.82, 2.24) is 9.97 Å². The summed E-state index contributed by atoms with van der Waals surface area (Å²) in [6, 6.07) is 0. The lowest BCUT2D eigenvalue weighted by molar-refractivity contribution is -0.139. The summed E-state index contributed by atoms with van der Waals surface area (Å²) >= 11 is 0. The van der Waals surface area contributed by atoms with Crippen molar-refractivity contribution in [2.24, 2.45) is 0 Å². The summed E-state index contributed by atoms with van der Waals surface area (Å²) in [5.41, 5.74) is 0.827. The second-order valence-electron chi connectivity index (χ2n) is 3.45. The van der Waals surface area contributed by atoms with Gasteiger partial charge in [0.25, 0.3) is 0 Å². The summed E-state index contributed by atoms with van der Waals surface area (Å²) in [7, 11) is 0. The Morgan fingerprint density at radius 3 is 2.85 bits per heavy atom. The molecule has 1 aromatic rings. The number of hydrogen-bond acceptors (Lipinski definition) is 4. The summed E-state index contributed by atoms with van der Waals surface area (Å²) in [5, 5.41) is 0. The van der Waals surface area contributed by atoms with Gasteiger partial charge in [-0.05, 0) is 13.8 Å². The van der Waals surface area contributed by atoms with Crippen molar-refractivity contribution in [1.29, 1.82) is 0 Å². The number of nitrogens with zero attached hydrogens (tertiary/aromatic N) is 2. The molecular formula is C9H12N2O2. The van der Waals surface area contributed by atoms with E-state index in [1.807, 2.05) is 13.8 Å². The molecule has 0 spiro atoms. The van der Waals surface area contributed by atoms with Crippen molar-refractivity contribution in [3.63, 3.8) is 0 Å². The predicted molar refractivity (Wildman–Crippen MR) is 45.9 cm³/mol. The van der Waals surface area contributed by atoms with Crippen LogP contribution in [0.3, 0.4) is 0 Å². The summed E-state index contributed by atoms with van der Waals surface area (Å²) in [6.45, 7) is 4.33. The Morgan fingerprint density at radius 1 is 1.46 bits per heavy atom. The fraction of sp³-hybridized carbons (Fsp3) is 0.556. The summed E-state index contributed by atoms with van der Waals surface area (Å²) in [4.78, 5) is 8.14. The van der Waals surface area contributed by atoms with Crippen molar-refractivity contribution in [2.75, 3.05) is 6.61 Å². The van der Waals surface area contributed by atoms with Crippen LogP contribution >= 0.6 is 0 Å². The molecule has 1 aliphatic rings. The summed E-state index contributed by atoms with van der Waals surface area (Å²) in [5.74, 6) is -0.498. The molecule has 1 aromatic heterocycles. The van der Waals surface area contributed by atoms with Gasteiger partial charge in [-0.25, -0.2) is 0 Å². The van der Waals surface area contributed by atoms with Gasteiger partial charge in [-0.3, -0.25) is 9.97 Å². The highest BCUT2D eigenvalue weighted by Gasteiger charge is 2.34. The normalized spacial score (nSPS) is 26.2. The molecule has 0 amide bonds. The Balaban J connectivity index is 2.13. The van der Waals surface area contributed by atoms with Gasteiger partial charge >= 0.3 is 0 Å². The van der Waals surface area contributed by atoms with Crippen molar-refractivity contribution in [3.05, 3.63) is 24.3 Å². The zero-order valence-corrected chi connectivity index (χ0v) is 7.73. The molecule has 1 fully saturated rings. The third-order valence-electron chi connectivity index (χ3n) is 1.92. The van der Waals surface area contributed by atoms with Crippen LogP contribution in [0.4, 0.5) is 0 Å². The van der Waals surface area contributed by atoms with Crippen LogP contribution in [-0.2, 0) is 9.47 Å². The molecule has 1 atom stereocenters. The van der Waals surface area contributed by atoms with Gasteiger partial charge in [0.1, 0.15) is 6.10 Å². The highest BCUT2D eigenvalue weighted by atomic mass is 16.7. The number of hydrogen-bond donors (Lipinski definition) is 0. The van der Waals surface area contributed by atoms with E-state index in [1.165, 1.54) is 0 Å². The van der Waals surface area contributed by atoms with Crippen LogP contribution in [-0.4, -0.2) is 22.4 Å². The quantitative estimate of drug-likeness (QED) is 0.653. The minimum atomic E-state index is -0.498. The van der Waals surface area contributed by atoms with Gasteiger partial charge in [0.2, 0.25) is 0 Å². The minimum Gasteiger partial charge on any atom is -0.347 e. The molecule has 13 heavy (non-hydrogen) atoms. The number of rotatable bonds is 1. The molecule has 0 N–H and O–H groups in total. The average Bonchev–Trinajstić information content (AvgIpc) is 2.48. The zero-order valence-electron chi connectivity index (χ0n) is 7.73. The molecule has 1 aliphatic heterocycles. The largest absolute Gasteiger partial charge is 0.347 e. The van der Waals surface area contributed by atoms with Crippen LogP contribution in [0.25, 0.3) is 0 Å². The Labute approximate surface area is 76.9 Å². The highest BCUT2D eigenvalue weighted by Crippen LogP contribution is 2.31. The van der Waals surface area contributed by atoms with E-state index in [0.29, 0.717) is 6.61 Å². The fourth-order valence-corrected chi connectivity index (χ4v) is 1.31. The molecule has 0 saturated carbocycles. The topological polar surface area (TPSA) is 44.2 Å². The van der Waals surface area contributed by atoms with E-state index >= 15 is 0 Å². The minimum absolute atomic E-state index is 0.0799. The first kappa shape index (κ1) is 8.59. The molecule has 1 unspecified atom stereocenters. The van der Waals surface area contributed by atoms with Gasteiger partial charge < -0.3 is 9.47 Å². The Bertz CT molecular complexity index is 287. The van der Waals surface area contributed by atoms with Crippen molar-refractivity contribution < 1.29 is 9.47 Å². The van der Waals surface area contributed by atoms with Crippen molar-refractivity contribution >= 4 is 0 Å². The summed E-state index contributed by atoms with van der Waals surface area (Å²) < 4.78 is 11.0. The van der Waals surface area contributed by atoms with Crippen LogP contribution in [0.2, 0.25) is 0 Å². The van der Waals surface area contributed by atoms with Gasteiger partial charge in [0, 0.05) is 12.4 Å². The maximum absolute atomic E-state index is 5.61. The van der Waals surface area contributed by atoms with Gasteiger partial charge in [-0.2, -0.15) is 0 Å². The smallest absolute Gasteiger partial charge is 0.163 e. The monoisotopic (exact) mass is 180 g/mol. The highest BCUT2D eigenvalue weighted by molar-refractivity contribution is 5.01. The third-order valence-corrected chi connectivity index (χ3v) is 1.92. The third kappa shape index (κ3) is 1.84. The van der Waals surface area contributed by atoms with E-state index in [2.05, 4.69) is 9.97 Å². The molecule has 4 heteroatoms. The van der Waals surface area contributed by atoms with Crippen molar-refractivity contribution in [3.8, 4) is 0 Å². The standard InChI is InChI=1S/C9H12N2O2/c1-9(2)12-6-8(13-9)7-5-10-3-4-11-7/h3-5,8H,6H2,1-2H3. The maximum atomic E-state index is 5.61. The summed E-state index contributed by atoms with van der Waals surface area (Å²) in [6.07, 6.45) is 4.92. The number of aromatic nitrogens is 2. The Morgan fingerprint density at radius 2 is 2.31 bits per heavy atom. The predicted octanol–water partition coefficient (Wildman–Crippen LogP) is 1.30. The molecule has 70 valence electrons. The SMILES string of the molecule is CC1(C)OCC(c2cnccn2)O1. The van der Waals surface area contributed by atoms with Gasteiger partial charge in [-0.15, -0.1) is 0 Å². The molecule has 0 aromatic carbocycles. The van der Waals surface area contributed by atoms with E-state index in [0.717, 1.165) is 5.69 Å². The van der Waals surface area contributed by atoms with Crippen LogP contribution in [0.15, 0.2) is 18.6 Å². The first-order valence-corrected chi connectivity index (χ1v) is 4.25. The molecule has 2 heterocycles. The zero-order chi connectivity index (χ0) is 9.31. The molecule has 0 radical (unpaired) electrons. The van der Waals surface area contributed by atoms with Crippen LogP contribution in [0.5, 0.6) is 0 Å². The first-order chi connectivity index (χ1) is 6.17. The first-order valence-electron chi connectivity index (χ1n) is 4.25. The van der Waals surface area contributed by atoms with E-state index < -0.39 is 5.79 Å². The van der Waals surface area contributed by atoms with E-state index in [1.54, 1.807) is 18.6 Å². The van der Waals surface area contributed by atoms with E-state index in [-0.39, 0.29) is 6.10 Å². The lowest BCUT2D eigenvalue weighted by atomic mass is 10.3. The lowest BCUT2D eigenvalue weighted by Crippen LogP contribution is -2.19. The van der Waals surface area contributed by atoms with Gasteiger partial charge in [0.05, 0.1) is 18.5 Å². The van der Waals surface area contributed by atoms with Crippen LogP contribution < -0.4 is 0 Å². The molecule has 0 bridgehead atoms. The van der Waals surface area contributed by atoms with E-state index in [9.17, 15) is 0 Å². The number of ether oxygens (including phenoxy) is 2. The molecule has 1 saturated heterocycles. The van der Waals surface area contributed by atoms with E-state index in [4.69, 9.17) is 9.47 Å². The molecule has 4 nitrogen and oxygen atoms in total. The van der Waals surface area contributed by atoms with Gasteiger partial charge in [0.15, 0.2) is 5.79 Å². The van der Waals surface area contributed by atoms with Crippen LogP contribution in [0.1, 0.15) is 25.6 Å². The van der Waals surface area contributed by atoms with Crippen molar-refractivity contribution in [2.45, 2.75) is 25.7 Å². The lowest BCUT2D eigenvalue weighted by Gasteiger charge is -2.16. The molecule has 2 rings (SSSR count). The fourth-order valence-electron chi connectivity index (χ4n) is 1.31. The second kappa shape index (κ2) is 3.05. The average molecular weight is 180 g/mol. The Kier molecular flexibility index (Phi) is 2.01. The molecule has 0 aliphatic carbocycles. The maximum Gasteiger partial charge on any atom is 0.163 e. The second-order valence-corrected chi connectivity index (χ2v) is 3.45. The Hall–Kier alpha value is -1.00.